The summed E-state index contributed by atoms with van der Waals surface area (Å²) in [5.74, 6) is 0.178. The molecule has 64 valence electrons. The summed E-state index contributed by atoms with van der Waals surface area (Å²) in [6, 6.07) is 4.02. The van der Waals surface area contributed by atoms with Gasteiger partial charge in [0.15, 0.2) is 18.2 Å². The average Bonchev–Trinajstić information content (AvgIpc) is 2.05. The Morgan fingerprint density at radius 2 is 2.08 bits per heavy atom. The van der Waals surface area contributed by atoms with Gasteiger partial charge in [-0.25, -0.2) is 0 Å². The van der Waals surface area contributed by atoms with E-state index in [-0.39, 0.29) is 5.78 Å². The van der Waals surface area contributed by atoms with Crippen LogP contribution in [0.2, 0.25) is 0 Å². The Labute approximate surface area is 76.6 Å². The second kappa shape index (κ2) is 4.26. The molecule has 0 spiro atoms. The molecule has 0 saturated heterocycles. The van der Waals surface area contributed by atoms with Crippen molar-refractivity contribution in [2.75, 3.05) is 6.26 Å². The highest BCUT2D eigenvalue weighted by Crippen LogP contribution is 2.10. The molecule has 0 saturated carbocycles. The summed E-state index contributed by atoms with van der Waals surface area (Å²) in [7, 11) is 0. The molecule has 0 fully saturated rings. The van der Waals surface area contributed by atoms with Crippen molar-refractivity contribution in [2.45, 2.75) is 18.4 Å². The third-order valence-electron chi connectivity index (χ3n) is 1.50. The zero-order chi connectivity index (χ0) is 8.97. The van der Waals surface area contributed by atoms with Crippen LogP contribution in [0.4, 0.5) is 0 Å². The summed E-state index contributed by atoms with van der Waals surface area (Å²) in [5.41, 5.74) is 0. The van der Waals surface area contributed by atoms with Gasteiger partial charge in [-0.05, 0) is 6.26 Å². The van der Waals surface area contributed by atoms with Crippen LogP contribution in [-0.4, -0.2) is 12.0 Å². The molecular formula is C9H12NOS+. The van der Waals surface area contributed by atoms with Gasteiger partial charge in [0.1, 0.15) is 0 Å². The monoisotopic (exact) mass is 182 g/mol. The third kappa shape index (κ3) is 2.66. The Kier molecular flexibility index (Phi) is 3.29. The number of rotatable bonds is 3. The second-order valence-corrected chi connectivity index (χ2v) is 3.49. The third-order valence-corrected chi connectivity index (χ3v) is 2.25. The second-order valence-electron chi connectivity index (χ2n) is 2.61. The fourth-order valence-electron chi connectivity index (χ4n) is 0.942. The number of aromatic nitrogens is 1. The van der Waals surface area contributed by atoms with E-state index in [1.54, 1.807) is 18.7 Å². The molecule has 12 heavy (non-hydrogen) atoms. The van der Waals surface area contributed by atoms with Gasteiger partial charge in [0.05, 0.1) is 0 Å². The molecule has 1 heterocycles. The molecule has 0 atom stereocenters. The predicted molar refractivity (Wildman–Crippen MR) is 49.1 cm³/mol. The minimum Gasteiger partial charge on any atom is -0.293 e. The van der Waals surface area contributed by atoms with Crippen LogP contribution in [0.1, 0.15) is 6.92 Å². The zero-order valence-electron chi connectivity index (χ0n) is 7.28. The van der Waals surface area contributed by atoms with Crippen molar-refractivity contribution in [1.29, 1.82) is 0 Å². The van der Waals surface area contributed by atoms with Crippen molar-refractivity contribution in [1.82, 2.24) is 0 Å². The Morgan fingerprint density at radius 1 is 1.50 bits per heavy atom. The molecule has 1 rings (SSSR count). The molecule has 0 aliphatic rings. The van der Waals surface area contributed by atoms with E-state index in [1.165, 1.54) is 4.90 Å². The number of thioether (sulfide) groups is 1. The topological polar surface area (TPSA) is 20.9 Å². The molecule has 2 nitrogen and oxygen atoms in total. The van der Waals surface area contributed by atoms with E-state index in [2.05, 4.69) is 0 Å². The fraction of sp³-hybridized carbons (Fsp3) is 0.333. The maximum absolute atomic E-state index is 10.7. The molecule has 0 aliphatic heterocycles. The molecule has 3 heteroatoms. The lowest BCUT2D eigenvalue weighted by Crippen LogP contribution is -2.35. The summed E-state index contributed by atoms with van der Waals surface area (Å²) in [5, 5.41) is 0. The smallest absolute Gasteiger partial charge is 0.206 e. The maximum Gasteiger partial charge on any atom is 0.206 e. The van der Waals surface area contributed by atoms with Crippen LogP contribution < -0.4 is 4.57 Å². The van der Waals surface area contributed by atoms with Crippen LogP contribution in [0.5, 0.6) is 0 Å². The van der Waals surface area contributed by atoms with E-state index in [0.717, 1.165) is 0 Å². The van der Waals surface area contributed by atoms with Gasteiger partial charge in [-0.3, -0.25) is 4.79 Å². The van der Waals surface area contributed by atoms with Gasteiger partial charge >= 0.3 is 0 Å². The number of hydrogen-bond donors (Lipinski definition) is 0. The van der Waals surface area contributed by atoms with Gasteiger partial charge in [0, 0.05) is 24.0 Å². The molecule has 0 bridgehead atoms. The van der Waals surface area contributed by atoms with Crippen molar-refractivity contribution < 1.29 is 9.36 Å². The molecule has 1 aromatic rings. The first-order chi connectivity index (χ1) is 5.72. The van der Waals surface area contributed by atoms with Crippen molar-refractivity contribution in [3.8, 4) is 0 Å². The van der Waals surface area contributed by atoms with Crippen molar-refractivity contribution in [3.63, 3.8) is 0 Å². The van der Waals surface area contributed by atoms with Crippen molar-refractivity contribution in [2.24, 2.45) is 0 Å². The first-order valence-corrected chi connectivity index (χ1v) is 4.97. The number of nitrogens with zero attached hydrogens (tertiary/aromatic N) is 1. The minimum absolute atomic E-state index is 0.178. The summed E-state index contributed by atoms with van der Waals surface area (Å²) in [6.07, 6.45) is 5.88. The molecule has 0 N–H and O–H groups in total. The number of Topliss-reactive ketones (excluding diaryl/α,β-unsaturated/α-hetero) is 1. The van der Waals surface area contributed by atoms with Crippen LogP contribution in [-0.2, 0) is 11.3 Å². The van der Waals surface area contributed by atoms with E-state index in [4.69, 9.17) is 0 Å². The number of ketones is 1. The van der Waals surface area contributed by atoms with Crippen LogP contribution in [0.15, 0.2) is 29.4 Å². The molecular weight excluding hydrogens is 170 g/mol. The number of carbonyl (C=O) groups is 1. The molecule has 0 aromatic carbocycles. The summed E-state index contributed by atoms with van der Waals surface area (Å²) in [4.78, 5) is 12.0. The highest BCUT2D eigenvalue weighted by Gasteiger charge is 2.02. The average molecular weight is 182 g/mol. The maximum atomic E-state index is 10.7. The van der Waals surface area contributed by atoms with Crippen LogP contribution in [0.25, 0.3) is 0 Å². The Hall–Kier alpha value is -0.830. The van der Waals surface area contributed by atoms with Crippen LogP contribution in [0.3, 0.4) is 0 Å². The highest BCUT2D eigenvalue weighted by molar-refractivity contribution is 7.98. The molecule has 0 radical (unpaired) electrons. The number of carbonyl (C=O) groups excluding carboxylic acids is 1. The van der Waals surface area contributed by atoms with Gasteiger partial charge in [0.25, 0.3) is 0 Å². The number of hydrogen-bond acceptors (Lipinski definition) is 2. The first kappa shape index (κ1) is 9.26. The molecule has 0 unspecified atom stereocenters. The van der Waals surface area contributed by atoms with Gasteiger partial charge in [-0.1, -0.05) is 0 Å². The zero-order valence-corrected chi connectivity index (χ0v) is 8.10. The van der Waals surface area contributed by atoms with Gasteiger partial charge in [-0.15, -0.1) is 11.8 Å². The Bertz CT molecular complexity index is 268. The highest BCUT2D eigenvalue weighted by atomic mass is 32.2. The molecule has 0 aliphatic carbocycles. The van der Waals surface area contributed by atoms with Gasteiger partial charge < -0.3 is 0 Å². The largest absolute Gasteiger partial charge is 0.293 e. The van der Waals surface area contributed by atoms with E-state index in [1.807, 2.05) is 35.3 Å². The predicted octanol–water partition coefficient (Wildman–Crippen LogP) is 1.29. The normalized spacial score (nSPS) is 9.83. The lowest BCUT2D eigenvalue weighted by molar-refractivity contribution is -0.684. The van der Waals surface area contributed by atoms with Crippen LogP contribution >= 0.6 is 11.8 Å². The van der Waals surface area contributed by atoms with E-state index >= 15 is 0 Å². The van der Waals surface area contributed by atoms with Crippen molar-refractivity contribution in [3.05, 3.63) is 24.5 Å². The van der Waals surface area contributed by atoms with Crippen LogP contribution in [0, 0.1) is 0 Å². The molecule has 1 aromatic heterocycles. The quantitative estimate of drug-likeness (QED) is 0.518. The standard InChI is InChI=1S/C9H12NOS/c1-8(11)7-10-5-3-9(12-2)4-6-10/h3-6H,7H2,1-2H3/q+1. The summed E-state index contributed by atoms with van der Waals surface area (Å²) in [6.45, 7) is 2.06. The SMILES string of the molecule is CSc1cc[n+](CC(C)=O)cc1. The van der Waals surface area contributed by atoms with E-state index in [0.29, 0.717) is 6.54 Å². The Morgan fingerprint density at radius 3 is 2.50 bits per heavy atom. The number of pyridine rings is 1. The summed E-state index contributed by atoms with van der Waals surface area (Å²) < 4.78 is 1.88. The first-order valence-electron chi connectivity index (χ1n) is 3.75. The van der Waals surface area contributed by atoms with Gasteiger partial charge in [0.2, 0.25) is 6.54 Å². The van der Waals surface area contributed by atoms with Crippen molar-refractivity contribution >= 4 is 17.5 Å². The lowest BCUT2D eigenvalue weighted by atomic mass is 10.4. The summed E-state index contributed by atoms with van der Waals surface area (Å²) >= 11 is 1.70. The van der Waals surface area contributed by atoms with Gasteiger partial charge in [-0.2, -0.15) is 4.57 Å². The lowest BCUT2D eigenvalue weighted by Gasteiger charge is -1.94. The Balaban J connectivity index is 2.71. The van der Waals surface area contributed by atoms with E-state index in [9.17, 15) is 4.79 Å². The molecule has 0 amide bonds. The fourth-order valence-corrected chi connectivity index (χ4v) is 1.34. The van der Waals surface area contributed by atoms with E-state index < -0.39 is 0 Å². The minimum atomic E-state index is 0.178.